The monoisotopic (exact) mass is 749 g/mol. The highest BCUT2D eigenvalue weighted by Gasteiger charge is 2.49. The molecule has 3 aliphatic rings. The van der Waals surface area contributed by atoms with Crippen LogP contribution in [0, 0.1) is 23.0 Å². The summed E-state index contributed by atoms with van der Waals surface area (Å²) in [7, 11) is 0. The zero-order chi connectivity index (χ0) is 37.3. The molecule has 3 saturated heterocycles. The molecule has 4 aromatic rings. The van der Waals surface area contributed by atoms with Gasteiger partial charge >= 0.3 is 12.2 Å². The van der Waals surface area contributed by atoms with Gasteiger partial charge < -0.3 is 25.6 Å². The number of nitriles is 1. The van der Waals surface area contributed by atoms with E-state index >= 15 is 17.6 Å². The Balaban J connectivity index is 1.44. The molecule has 17 heteroatoms. The van der Waals surface area contributed by atoms with Gasteiger partial charge in [0.25, 0.3) is 0 Å². The summed E-state index contributed by atoms with van der Waals surface area (Å²) in [4.78, 5) is 14.4. The van der Waals surface area contributed by atoms with Crippen LogP contribution >= 0.6 is 11.3 Å². The summed E-state index contributed by atoms with van der Waals surface area (Å²) in [5.41, 5.74) is 1.84. The number of aromatic nitrogens is 2. The van der Waals surface area contributed by atoms with Crippen molar-refractivity contribution in [2.75, 3.05) is 50.0 Å². The van der Waals surface area contributed by atoms with Gasteiger partial charge in [-0.05, 0) is 50.9 Å². The first kappa shape index (κ1) is 36.4. The minimum absolute atomic E-state index is 0.0289. The van der Waals surface area contributed by atoms with E-state index in [1.54, 1.807) is 23.6 Å². The maximum absolute atomic E-state index is 17.2. The number of anilines is 2. The second-order valence-electron chi connectivity index (χ2n) is 14.0. The topological polar surface area (TPSA) is 135 Å². The molecule has 0 spiro atoms. The quantitative estimate of drug-likeness (QED) is 0.189. The van der Waals surface area contributed by atoms with Gasteiger partial charge in [-0.3, -0.25) is 9.80 Å². The molecule has 2 aromatic carbocycles. The van der Waals surface area contributed by atoms with Crippen molar-refractivity contribution >= 4 is 43.1 Å². The van der Waals surface area contributed by atoms with Crippen molar-refractivity contribution in [3.63, 3.8) is 0 Å². The summed E-state index contributed by atoms with van der Waals surface area (Å²) in [5, 5.41) is 29.3. The van der Waals surface area contributed by atoms with Crippen molar-refractivity contribution < 1.29 is 41.3 Å². The van der Waals surface area contributed by atoms with E-state index in [4.69, 9.17) is 10.5 Å². The van der Waals surface area contributed by atoms with E-state index in [1.807, 2.05) is 11.0 Å². The molecule has 4 N–H and O–H groups in total. The third-order valence-corrected chi connectivity index (χ3v) is 11.7. The molecule has 5 heterocycles. The van der Waals surface area contributed by atoms with Crippen LogP contribution in [-0.4, -0.2) is 99.4 Å². The third kappa shape index (κ3) is 6.07. The number of alkyl halides is 4. The van der Waals surface area contributed by atoms with Crippen molar-refractivity contribution in [1.82, 2.24) is 19.8 Å². The lowest BCUT2D eigenvalue weighted by Crippen LogP contribution is -2.59. The highest BCUT2D eigenvalue weighted by Crippen LogP contribution is 2.48. The standard InChI is InChI=1S/C35H37F6N7O3S/c1-17-14-48(18(2)13-47(17)25(50)6-9-49)32-21-10-23(35(39,40)41)27(20-4-5-24(37)30-26(20)22(12-42)31(43)52-30)28(38)29(21)44-33(45-32)51-16-34-7-3-8-46(34)15-19(36)11-34/h4-5,10,17-19,25,49-50H,3,6-9,11,13-16,43H2,1-2H3/t17-,18+,19-,25?,34+/m1/s1. The molecule has 1 unspecified atom stereocenters. The molecule has 3 fully saturated rings. The highest BCUT2D eigenvalue weighted by atomic mass is 32.1. The fourth-order valence-electron chi connectivity index (χ4n) is 8.26. The molecule has 7 rings (SSSR count). The molecule has 52 heavy (non-hydrogen) atoms. The van der Waals surface area contributed by atoms with Crippen LogP contribution in [0.2, 0.25) is 0 Å². The Kier molecular flexibility index (Phi) is 9.43. The Morgan fingerprint density at radius 3 is 2.65 bits per heavy atom. The van der Waals surface area contributed by atoms with Crippen molar-refractivity contribution in [1.29, 1.82) is 5.26 Å². The molecule has 0 amide bonds. The lowest BCUT2D eigenvalue weighted by molar-refractivity contribution is -0.137. The number of ether oxygens (including phenoxy) is 1. The number of hydrogen-bond donors (Lipinski definition) is 3. The molecular weight excluding hydrogens is 712 g/mol. The number of aliphatic hydroxyl groups excluding tert-OH is 2. The summed E-state index contributed by atoms with van der Waals surface area (Å²) in [6, 6.07) is 3.31. The van der Waals surface area contributed by atoms with Crippen LogP contribution in [0.3, 0.4) is 0 Å². The number of aliphatic hydroxyl groups is 2. The maximum Gasteiger partial charge on any atom is 0.417 e. The molecule has 278 valence electrons. The molecule has 0 bridgehead atoms. The lowest BCUT2D eigenvalue weighted by Gasteiger charge is -2.46. The first-order chi connectivity index (χ1) is 24.7. The number of halogens is 6. The molecule has 10 nitrogen and oxygen atoms in total. The Morgan fingerprint density at radius 1 is 1.17 bits per heavy atom. The number of hydrogen-bond acceptors (Lipinski definition) is 11. The van der Waals surface area contributed by atoms with Crippen LogP contribution in [0.25, 0.3) is 32.1 Å². The van der Waals surface area contributed by atoms with Crippen LogP contribution in [0.1, 0.15) is 50.7 Å². The maximum atomic E-state index is 17.2. The van der Waals surface area contributed by atoms with E-state index in [0.29, 0.717) is 24.3 Å². The number of rotatable bonds is 8. The van der Waals surface area contributed by atoms with Gasteiger partial charge in [0.2, 0.25) is 0 Å². The summed E-state index contributed by atoms with van der Waals surface area (Å²) in [6.45, 7) is 4.62. The van der Waals surface area contributed by atoms with Gasteiger partial charge in [-0.15, -0.1) is 11.3 Å². The molecule has 0 aliphatic carbocycles. The number of nitrogens with zero attached hydrogens (tertiary/aromatic N) is 6. The van der Waals surface area contributed by atoms with Crippen molar-refractivity contribution in [3.8, 4) is 23.2 Å². The number of nitrogens with two attached hydrogens (primary N) is 1. The molecule has 0 saturated carbocycles. The molecule has 5 atom stereocenters. The Morgan fingerprint density at radius 2 is 1.94 bits per heavy atom. The first-order valence-electron chi connectivity index (χ1n) is 17.0. The Labute approximate surface area is 299 Å². The lowest BCUT2D eigenvalue weighted by atomic mass is 9.92. The first-order valence-corrected chi connectivity index (χ1v) is 17.8. The van der Waals surface area contributed by atoms with E-state index in [1.165, 1.54) is 0 Å². The number of piperazine rings is 1. The number of fused-ring (bicyclic) bond motifs is 3. The predicted octanol–water partition coefficient (Wildman–Crippen LogP) is 5.82. The summed E-state index contributed by atoms with van der Waals surface area (Å²) >= 11 is 0.674. The normalized spacial score (nSPS) is 24.9. The fourth-order valence-corrected chi connectivity index (χ4v) is 9.21. The second-order valence-corrected chi connectivity index (χ2v) is 15.0. The summed E-state index contributed by atoms with van der Waals surface area (Å²) < 4.78 is 97.8. The smallest absolute Gasteiger partial charge is 0.417 e. The van der Waals surface area contributed by atoms with E-state index in [9.17, 15) is 24.3 Å². The van der Waals surface area contributed by atoms with E-state index in [0.717, 1.165) is 24.6 Å². The number of nitrogen functional groups attached to an aromatic ring is 1. The SMILES string of the molecule is C[C@@H]1CN(c2nc(OC[C@@]34CCCN3C[C@H](F)C4)nc3c(F)c(-c4ccc(F)c5sc(N)c(C#N)c45)c(C(F)(F)F)cc23)[C@@H](C)CN1C(O)CCO. The second kappa shape index (κ2) is 13.5. The average Bonchev–Trinajstić information content (AvgIpc) is 3.74. The van der Waals surface area contributed by atoms with Gasteiger partial charge in [-0.25, -0.2) is 13.2 Å². The average molecular weight is 750 g/mol. The minimum atomic E-state index is -5.13. The molecule has 0 radical (unpaired) electrons. The van der Waals surface area contributed by atoms with E-state index < -0.39 is 58.4 Å². The van der Waals surface area contributed by atoms with Crippen LogP contribution in [0.15, 0.2) is 18.2 Å². The Bertz CT molecular complexity index is 2080. The minimum Gasteiger partial charge on any atom is -0.461 e. The summed E-state index contributed by atoms with van der Waals surface area (Å²) in [6.07, 6.45) is -5.38. The van der Waals surface area contributed by atoms with Crippen molar-refractivity contribution in [2.24, 2.45) is 0 Å². The Hall–Kier alpha value is -3.95. The largest absolute Gasteiger partial charge is 0.461 e. The van der Waals surface area contributed by atoms with E-state index in [-0.39, 0.29) is 95.2 Å². The van der Waals surface area contributed by atoms with Gasteiger partial charge in [-0.2, -0.15) is 28.4 Å². The van der Waals surface area contributed by atoms with Crippen molar-refractivity contribution in [2.45, 2.75) is 75.7 Å². The predicted molar refractivity (Wildman–Crippen MR) is 184 cm³/mol. The van der Waals surface area contributed by atoms with Crippen molar-refractivity contribution in [3.05, 3.63) is 41.0 Å². The summed E-state index contributed by atoms with van der Waals surface area (Å²) in [5.74, 6) is -2.26. The third-order valence-electron chi connectivity index (χ3n) is 10.7. The van der Waals surface area contributed by atoms with Crippen LogP contribution < -0.4 is 15.4 Å². The van der Waals surface area contributed by atoms with Crippen LogP contribution in [-0.2, 0) is 6.18 Å². The van der Waals surface area contributed by atoms with Gasteiger partial charge in [0.1, 0.15) is 47.2 Å². The fraction of sp³-hybridized carbons (Fsp3) is 0.514. The zero-order valence-corrected chi connectivity index (χ0v) is 29.2. The van der Waals surface area contributed by atoms with Gasteiger partial charge in [0.05, 0.1) is 21.4 Å². The molecule has 3 aliphatic heterocycles. The van der Waals surface area contributed by atoms with Gasteiger partial charge in [0.15, 0.2) is 5.82 Å². The highest BCUT2D eigenvalue weighted by molar-refractivity contribution is 7.23. The van der Waals surface area contributed by atoms with Crippen LogP contribution in [0.4, 0.5) is 37.2 Å². The number of benzene rings is 2. The van der Waals surface area contributed by atoms with E-state index in [2.05, 4.69) is 9.97 Å². The van der Waals surface area contributed by atoms with Gasteiger partial charge in [-0.1, -0.05) is 6.07 Å². The van der Waals surface area contributed by atoms with Gasteiger partial charge in [0, 0.05) is 67.5 Å². The van der Waals surface area contributed by atoms with Crippen LogP contribution in [0.5, 0.6) is 6.01 Å². The molecule has 2 aromatic heterocycles. The zero-order valence-electron chi connectivity index (χ0n) is 28.4. The molecular formula is C35H37F6N7O3S. The number of thiophene rings is 1.